The average molecular weight is 479 g/mol. The van der Waals surface area contributed by atoms with Crippen molar-refractivity contribution in [3.8, 4) is 11.3 Å². The number of hydrogen-bond acceptors (Lipinski definition) is 6. The van der Waals surface area contributed by atoms with Crippen molar-refractivity contribution in [1.82, 2.24) is 29.7 Å². The van der Waals surface area contributed by atoms with Crippen LogP contribution in [0.4, 0.5) is 4.39 Å². The largest absolute Gasteiger partial charge is 0.370 e. The molecule has 3 atom stereocenters. The molecular formula is C25H24ClFN6O. The second kappa shape index (κ2) is 8.36. The highest BCUT2D eigenvalue weighted by atomic mass is 35.5. The third-order valence-electron chi connectivity index (χ3n) is 6.52. The number of halogens is 2. The lowest BCUT2D eigenvalue weighted by atomic mass is 9.89. The number of fused-ring (bicyclic) bond motifs is 1. The first-order valence-corrected chi connectivity index (χ1v) is 12.0. The first-order chi connectivity index (χ1) is 16.4. The molecule has 0 N–H and O–H groups in total. The van der Waals surface area contributed by atoms with Crippen molar-refractivity contribution in [2.75, 3.05) is 0 Å². The zero-order chi connectivity index (χ0) is 23.4. The van der Waals surface area contributed by atoms with Crippen LogP contribution in [0.25, 0.3) is 22.4 Å². The summed E-state index contributed by atoms with van der Waals surface area (Å²) in [6, 6.07) is 5.09. The molecule has 3 aromatic heterocycles. The second-order valence-corrected chi connectivity index (χ2v) is 9.76. The Hall–Kier alpha value is -2.97. The Morgan fingerprint density at radius 2 is 1.97 bits per heavy atom. The minimum atomic E-state index is -0.452. The number of ether oxygens (including phenoxy) is 1. The SMILES string of the molecule is Cc1cnc2c(-c3ccc(Cl)cc3F)nc(C3CC(C)OC(c4cnn(C5CC5)c4)C3)nc2n1. The molecule has 3 unspecified atom stereocenters. The molecule has 2 fully saturated rings. The molecule has 0 amide bonds. The van der Waals surface area contributed by atoms with Crippen LogP contribution in [0, 0.1) is 12.7 Å². The van der Waals surface area contributed by atoms with Gasteiger partial charge in [0.15, 0.2) is 5.65 Å². The second-order valence-electron chi connectivity index (χ2n) is 9.33. The summed E-state index contributed by atoms with van der Waals surface area (Å²) in [6.45, 7) is 3.93. The highest BCUT2D eigenvalue weighted by molar-refractivity contribution is 6.30. The summed E-state index contributed by atoms with van der Waals surface area (Å²) in [5.41, 5.74) is 3.51. The molecule has 34 heavy (non-hydrogen) atoms. The molecule has 9 heteroatoms. The van der Waals surface area contributed by atoms with Crippen LogP contribution in [-0.2, 0) is 4.74 Å². The lowest BCUT2D eigenvalue weighted by Crippen LogP contribution is -2.26. The molecule has 7 nitrogen and oxygen atoms in total. The van der Waals surface area contributed by atoms with Crippen molar-refractivity contribution >= 4 is 22.8 Å². The minimum absolute atomic E-state index is 0.0200. The van der Waals surface area contributed by atoms with Gasteiger partial charge in [0.25, 0.3) is 0 Å². The number of benzene rings is 1. The van der Waals surface area contributed by atoms with Crippen LogP contribution < -0.4 is 0 Å². The Balaban J connectivity index is 1.41. The van der Waals surface area contributed by atoms with E-state index in [4.69, 9.17) is 26.3 Å². The quantitative estimate of drug-likeness (QED) is 0.372. The minimum Gasteiger partial charge on any atom is -0.370 e. The van der Waals surface area contributed by atoms with Crippen LogP contribution in [0.3, 0.4) is 0 Å². The van der Waals surface area contributed by atoms with Gasteiger partial charge in [-0.3, -0.25) is 4.68 Å². The Labute approximate surface area is 201 Å². The summed E-state index contributed by atoms with van der Waals surface area (Å²) in [4.78, 5) is 18.7. The third-order valence-corrected chi connectivity index (χ3v) is 6.76. The Bertz CT molecular complexity index is 1390. The number of rotatable bonds is 4. The van der Waals surface area contributed by atoms with Gasteiger partial charge in [-0.2, -0.15) is 5.10 Å². The smallest absolute Gasteiger partial charge is 0.182 e. The van der Waals surface area contributed by atoms with Gasteiger partial charge in [0.1, 0.15) is 22.9 Å². The van der Waals surface area contributed by atoms with E-state index < -0.39 is 5.82 Å². The third kappa shape index (κ3) is 4.05. The standard InChI is InChI=1S/C25H24ClFN6O/c1-13-10-28-23-22(19-6-3-17(26)9-20(19)27)31-24(32-25(23)30-13)15-7-14(2)34-21(8-15)16-11-29-33(12-16)18-4-5-18/h3,6,9-12,14-15,18,21H,4-5,7-8H2,1-2H3. The lowest BCUT2D eigenvalue weighted by Gasteiger charge is -2.33. The van der Waals surface area contributed by atoms with Gasteiger partial charge in [0, 0.05) is 34.5 Å². The molecule has 0 radical (unpaired) electrons. The Morgan fingerprint density at radius 3 is 2.76 bits per heavy atom. The Morgan fingerprint density at radius 1 is 1.12 bits per heavy atom. The van der Waals surface area contributed by atoms with Crippen LogP contribution in [0.1, 0.15) is 67.8 Å². The van der Waals surface area contributed by atoms with Gasteiger partial charge in [0.2, 0.25) is 0 Å². The topological polar surface area (TPSA) is 78.6 Å². The monoisotopic (exact) mass is 478 g/mol. The van der Waals surface area contributed by atoms with Gasteiger partial charge in [-0.15, -0.1) is 0 Å². The normalized spacial score (nSPS) is 22.9. The summed E-state index contributed by atoms with van der Waals surface area (Å²) in [5, 5.41) is 4.86. The highest BCUT2D eigenvalue weighted by Crippen LogP contribution is 2.41. The first kappa shape index (κ1) is 21.6. The van der Waals surface area contributed by atoms with E-state index in [9.17, 15) is 4.39 Å². The van der Waals surface area contributed by atoms with E-state index in [0.717, 1.165) is 17.7 Å². The van der Waals surface area contributed by atoms with Gasteiger partial charge in [-0.1, -0.05) is 11.6 Å². The molecular weight excluding hydrogens is 455 g/mol. The number of aromatic nitrogens is 6. The fourth-order valence-corrected chi connectivity index (χ4v) is 4.85. The van der Waals surface area contributed by atoms with E-state index in [1.807, 2.05) is 17.8 Å². The van der Waals surface area contributed by atoms with Crippen molar-refractivity contribution in [3.05, 3.63) is 64.7 Å². The summed E-state index contributed by atoms with van der Waals surface area (Å²) >= 11 is 5.99. The van der Waals surface area contributed by atoms with E-state index >= 15 is 0 Å². The van der Waals surface area contributed by atoms with Gasteiger partial charge in [-0.25, -0.2) is 24.3 Å². The van der Waals surface area contributed by atoms with Crippen LogP contribution in [0.5, 0.6) is 0 Å². The molecule has 6 rings (SSSR count). The maximum atomic E-state index is 14.9. The predicted molar refractivity (Wildman–Crippen MR) is 126 cm³/mol. The zero-order valence-electron chi connectivity index (χ0n) is 18.9. The molecule has 0 bridgehead atoms. The molecule has 2 aliphatic rings. The van der Waals surface area contributed by atoms with Crippen LogP contribution >= 0.6 is 11.6 Å². The maximum absolute atomic E-state index is 14.9. The molecule has 1 saturated heterocycles. The summed E-state index contributed by atoms with van der Waals surface area (Å²) < 4.78 is 23.2. The van der Waals surface area contributed by atoms with E-state index in [1.165, 1.54) is 18.9 Å². The number of hydrogen-bond donors (Lipinski definition) is 0. The number of nitrogens with zero attached hydrogens (tertiary/aromatic N) is 6. The van der Waals surface area contributed by atoms with Crippen LogP contribution in [0.15, 0.2) is 36.8 Å². The van der Waals surface area contributed by atoms with Gasteiger partial charge >= 0.3 is 0 Å². The number of aryl methyl sites for hydroxylation is 1. The summed E-state index contributed by atoms with van der Waals surface area (Å²) in [5.74, 6) is 0.205. The molecule has 0 spiro atoms. The summed E-state index contributed by atoms with van der Waals surface area (Å²) in [6.07, 6.45) is 9.42. The average Bonchev–Trinajstić information content (AvgIpc) is 3.54. The molecule has 1 saturated carbocycles. The van der Waals surface area contributed by atoms with Gasteiger partial charge in [0.05, 0.1) is 30.1 Å². The maximum Gasteiger partial charge on any atom is 0.182 e. The molecule has 4 heterocycles. The van der Waals surface area contributed by atoms with Crippen LogP contribution in [-0.4, -0.2) is 35.8 Å². The first-order valence-electron chi connectivity index (χ1n) is 11.6. The van der Waals surface area contributed by atoms with E-state index in [1.54, 1.807) is 18.3 Å². The van der Waals surface area contributed by atoms with Crippen molar-refractivity contribution in [2.24, 2.45) is 0 Å². The van der Waals surface area contributed by atoms with E-state index in [0.29, 0.717) is 45.7 Å². The van der Waals surface area contributed by atoms with E-state index in [2.05, 4.69) is 28.2 Å². The van der Waals surface area contributed by atoms with Crippen LogP contribution in [0.2, 0.25) is 5.02 Å². The fourth-order valence-electron chi connectivity index (χ4n) is 4.69. The van der Waals surface area contributed by atoms with Crippen molar-refractivity contribution in [2.45, 2.75) is 63.7 Å². The molecule has 1 aromatic carbocycles. The molecule has 1 aliphatic carbocycles. The fraction of sp³-hybridized carbons (Fsp3) is 0.400. The summed E-state index contributed by atoms with van der Waals surface area (Å²) in [7, 11) is 0. The van der Waals surface area contributed by atoms with Crippen molar-refractivity contribution in [1.29, 1.82) is 0 Å². The predicted octanol–water partition coefficient (Wildman–Crippen LogP) is 5.74. The lowest BCUT2D eigenvalue weighted by molar-refractivity contribution is -0.0511. The molecule has 4 aromatic rings. The zero-order valence-corrected chi connectivity index (χ0v) is 19.7. The molecule has 174 valence electrons. The molecule has 1 aliphatic heterocycles. The van der Waals surface area contributed by atoms with Crippen molar-refractivity contribution < 1.29 is 9.13 Å². The van der Waals surface area contributed by atoms with Gasteiger partial charge in [-0.05, 0) is 57.7 Å². The Kier molecular flexibility index (Phi) is 5.30. The van der Waals surface area contributed by atoms with Crippen molar-refractivity contribution in [3.63, 3.8) is 0 Å². The van der Waals surface area contributed by atoms with E-state index in [-0.39, 0.29) is 18.1 Å². The highest BCUT2D eigenvalue weighted by Gasteiger charge is 2.33. The van der Waals surface area contributed by atoms with Gasteiger partial charge < -0.3 is 4.74 Å².